The summed E-state index contributed by atoms with van der Waals surface area (Å²) in [5, 5.41) is 0. The molecule has 2 heteroatoms. The van der Waals surface area contributed by atoms with Gasteiger partial charge in [-0.15, -0.1) is 6.58 Å². The minimum Gasteiger partial charge on any atom is -0.454 e. The van der Waals surface area contributed by atoms with Crippen LogP contribution in [0.5, 0.6) is 0 Å². The molecule has 6 aliphatic rings. The fourth-order valence-corrected chi connectivity index (χ4v) is 8.34. The van der Waals surface area contributed by atoms with Gasteiger partial charge in [-0.05, 0) is 93.5 Å². The van der Waals surface area contributed by atoms with Crippen LogP contribution < -0.4 is 0 Å². The quantitative estimate of drug-likeness (QED) is 0.453. The number of carbonyl (C=O) groups excluding carboxylic acids is 1. The van der Waals surface area contributed by atoms with Gasteiger partial charge < -0.3 is 4.74 Å². The first-order valence-electron chi connectivity index (χ1n) is 11.0. The van der Waals surface area contributed by atoms with E-state index in [0.29, 0.717) is 5.92 Å². The van der Waals surface area contributed by atoms with Crippen molar-refractivity contribution in [2.45, 2.75) is 76.2 Å². The molecule has 6 rings (SSSR count). The molecule has 26 heavy (non-hydrogen) atoms. The van der Waals surface area contributed by atoms with Gasteiger partial charge in [0.25, 0.3) is 0 Å². The van der Waals surface area contributed by atoms with Crippen LogP contribution in [0.15, 0.2) is 25.3 Å². The fourth-order valence-electron chi connectivity index (χ4n) is 8.34. The number of hydrogen-bond donors (Lipinski definition) is 0. The Morgan fingerprint density at radius 3 is 2.08 bits per heavy atom. The Hall–Kier alpha value is -1.05. The van der Waals surface area contributed by atoms with Crippen LogP contribution in [-0.4, -0.2) is 11.6 Å². The molecule has 6 saturated carbocycles. The molecule has 0 radical (unpaired) electrons. The number of esters is 1. The van der Waals surface area contributed by atoms with Gasteiger partial charge in [-0.1, -0.05) is 19.1 Å². The van der Waals surface area contributed by atoms with Crippen LogP contribution in [0, 0.1) is 40.9 Å². The normalized spacial score (nSPS) is 47.5. The van der Waals surface area contributed by atoms with E-state index in [-0.39, 0.29) is 17.3 Å². The molecule has 142 valence electrons. The summed E-state index contributed by atoms with van der Waals surface area (Å²) in [6.45, 7) is 8.24. The number of hydrogen-bond acceptors (Lipinski definition) is 2. The zero-order chi connectivity index (χ0) is 17.9. The van der Waals surface area contributed by atoms with E-state index in [9.17, 15) is 4.79 Å². The summed E-state index contributed by atoms with van der Waals surface area (Å²) in [5.41, 5.74) is -0.408. The lowest BCUT2D eigenvalue weighted by Gasteiger charge is -2.62. The van der Waals surface area contributed by atoms with Gasteiger partial charge in [0.15, 0.2) is 0 Å². The van der Waals surface area contributed by atoms with Crippen LogP contribution in [0.1, 0.15) is 70.6 Å². The van der Waals surface area contributed by atoms with E-state index < -0.39 is 5.60 Å². The molecule has 6 fully saturated rings. The van der Waals surface area contributed by atoms with Crippen molar-refractivity contribution in [3.05, 3.63) is 25.3 Å². The van der Waals surface area contributed by atoms with Crippen molar-refractivity contribution in [1.29, 1.82) is 0 Å². The minimum atomic E-state index is -0.524. The Labute approximate surface area is 158 Å². The summed E-state index contributed by atoms with van der Waals surface area (Å²) in [6, 6.07) is 0. The predicted molar refractivity (Wildman–Crippen MR) is 103 cm³/mol. The van der Waals surface area contributed by atoms with Gasteiger partial charge in [0.2, 0.25) is 0 Å². The van der Waals surface area contributed by atoms with Gasteiger partial charge in [-0.3, -0.25) is 4.79 Å². The van der Waals surface area contributed by atoms with E-state index in [1.165, 1.54) is 57.8 Å². The summed E-state index contributed by atoms with van der Waals surface area (Å²) in [7, 11) is 0. The highest BCUT2D eigenvalue weighted by Crippen LogP contribution is 2.65. The van der Waals surface area contributed by atoms with Crippen molar-refractivity contribution >= 4 is 5.97 Å². The molecule has 0 amide bonds. The Kier molecular flexibility index (Phi) is 3.92. The van der Waals surface area contributed by atoms with Gasteiger partial charge >= 0.3 is 5.97 Å². The molecule has 0 aromatic carbocycles. The van der Waals surface area contributed by atoms with E-state index >= 15 is 0 Å². The Bertz CT molecular complexity index is 584. The lowest BCUT2D eigenvalue weighted by atomic mass is 9.45. The van der Waals surface area contributed by atoms with E-state index in [0.717, 1.165) is 36.5 Å². The van der Waals surface area contributed by atoms with Crippen LogP contribution in [-0.2, 0) is 9.53 Å². The highest BCUT2D eigenvalue weighted by molar-refractivity contribution is 5.74. The third-order valence-corrected chi connectivity index (χ3v) is 9.04. The Balaban J connectivity index is 1.44. The second kappa shape index (κ2) is 5.97. The maximum absolute atomic E-state index is 13.3. The third-order valence-electron chi connectivity index (χ3n) is 9.04. The van der Waals surface area contributed by atoms with Crippen molar-refractivity contribution in [3.8, 4) is 0 Å². The van der Waals surface area contributed by atoms with Crippen molar-refractivity contribution in [2.75, 3.05) is 0 Å². The summed E-state index contributed by atoms with van der Waals surface area (Å²) >= 11 is 0. The van der Waals surface area contributed by atoms with Crippen LogP contribution in [0.25, 0.3) is 0 Å². The second-order valence-corrected chi connectivity index (χ2v) is 10.5. The molecule has 4 unspecified atom stereocenters. The van der Waals surface area contributed by atoms with E-state index in [2.05, 4.69) is 13.2 Å². The summed E-state index contributed by atoms with van der Waals surface area (Å²) in [6.07, 6.45) is 17.5. The summed E-state index contributed by atoms with van der Waals surface area (Å²) in [4.78, 5) is 13.3. The van der Waals surface area contributed by atoms with Crippen molar-refractivity contribution in [1.82, 2.24) is 0 Å². The lowest BCUT2D eigenvalue weighted by molar-refractivity contribution is -0.198. The molecule has 0 spiro atoms. The number of ether oxygens (including phenoxy) is 1. The zero-order valence-electron chi connectivity index (χ0n) is 16.1. The molecule has 0 saturated heterocycles. The first-order valence-corrected chi connectivity index (χ1v) is 11.0. The Morgan fingerprint density at radius 2 is 1.62 bits per heavy atom. The van der Waals surface area contributed by atoms with Gasteiger partial charge in [0.05, 0.1) is 5.92 Å². The number of fused-ring (bicyclic) bond motifs is 2. The largest absolute Gasteiger partial charge is 0.454 e. The average Bonchev–Trinajstić information content (AvgIpc) is 3.23. The summed E-state index contributed by atoms with van der Waals surface area (Å²) in [5.74, 6) is 4.09. The molecule has 0 aromatic heterocycles. The Morgan fingerprint density at radius 1 is 0.962 bits per heavy atom. The van der Waals surface area contributed by atoms with Crippen molar-refractivity contribution < 1.29 is 9.53 Å². The second-order valence-electron chi connectivity index (χ2n) is 10.5. The predicted octanol–water partition coefficient (Wildman–Crippen LogP) is 5.68. The monoisotopic (exact) mass is 354 g/mol. The maximum Gasteiger partial charge on any atom is 0.310 e. The zero-order valence-corrected chi connectivity index (χ0v) is 16.1. The molecule has 2 nitrogen and oxygen atoms in total. The molecule has 6 aliphatic carbocycles. The van der Waals surface area contributed by atoms with E-state index in [4.69, 9.17) is 4.74 Å². The molecule has 4 atom stereocenters. The van der Waals surface area contributed by atoms with Crippen LogP contribution in [0.2, 0.25) is 0 Å². The van der Waals surface area contributed by atoms with Gasteiger partial charge in [0.1, 0.15) is 5.60 Å². The average molecular weight is 355 g/mol. The minimum absolute atomic E-state index is 0.0784. The van der Waals surface area contributed by atoms with Gasteiger partial charge in [-0.25, -0.2) is 0 Å². The maximum atomic E-state index is 13.3. The first kappa shape index (κ1) is 17.1. The van der Waals surface area contributed by atoms with Gasteiger partial charge in [-0.2, -0.15) is 0 Å². The van der Waals surface area contributed by atoms with Crippen LogP contribution >= 0.6 is 0 Å². The molecule has 0 aliphatic heterocycles. The third kappa shape index (κ3) is 2.39. The van der Waals surface area contributed by atoms with E-state index in [1.807, 2.05) is 12.2 Å². The topological polar surface area (TPSA) is 26.3 Å². The number of rotatable bonds is 6. The van der Waals surface area contributed by atoms with Crippen LogP contribution in [0.3, 0.4) is 0 Å². The molecule has 0 heterocycles. The van der Waals surface area contributed by atoms with Crippen molar-refractivity contribution in [2.24, 2.45) is 40.9 Å². The number of carbonyl (C=O) groups is 1. The smallest absolute Gasteiger partial charge is 0.310 e. The highest BCUT2D eigenvalue weighted by atomic mass is 16.6. The molecular weight excluding hydrogens is 320 g/mol. The van der Waals surface area contributed by atoms with Crippen molar-refractivity contribution in [3.63, 3.8) is 0 Å². The molecule has 0 N–H and O–H groups in total. The van der Waals surface area contributed by atoms with Crippen LogP contribution in [0.4, 0.5) is 0 Å². The highest BCUT2D eigenvalue weighted by Gasteiger charge is 2.61. The van der Waals surface area contributed by atoms with E-state index in [1.54, 1.807) is 0 Å². The molecule has 0 aromatic rings. The lowest BCUT2D eigenvalue weighted by Crippen LogP contribution is -2.59. The first-order chi connectivity index (χ1) is 12.6. The molecular formula is C24H34O2. The summed E-state index contributed by atoms with van der Waals surface area (Å²) < 4.78 is 6.52. The SMILES string of the molecule is C=CCC(C=C)(OC(=O)C1CC2CCC1C2)C12CC3CC(CC(C3)C1)C2. The van der Waals surface area contributed by atoms with Gasteiger partial charge in [0, 0.05) is 11.8 Å². The molecule has 6 bridgehead atoms. The fraction of sp³-hybridized carbons (Fsp3) is 0.792. The standard InChI is InChI=1S/C24H34O2/c1-3-7-24(4-2,26-22(25)21-12-16-5-6-20(21)11-16)23-13-17-8-18(14-23)10-19(9-17)15-23/h3-4,16-21H,1-2,5-15H2.